The highest BCUT2D eigenvalue weighted by atomic mass is 16.7. The van der Waals surface area contributed by atoms with Gasteiger partial charge in [0, 0.05) is 32.2 Å². The number of hydrogen-bond donors (Lipinski definition) is 1. The molecule has 1 aromatic rings. The van der Waals surface area contributed by atoms with Crippen LogP contribution in [0.4, 0.5) is 0 Å². The summed E-state index contributed by atoms with van der Waals surface area (Å²) in [4.78, 5) is 48.6. The van der Waals surface area contributed by atoms with Gasteiger partial charge in [-0.1, -0.05) is 32.0 Å². The summed E-state index contributed by atoms with van der Waals surface area (Å²) in [6, 6.07) is 8.44. The van der Waals surface area contributed by atoms with Crippen LogP contribution in [0.5, 0.6) is 0 Å². The number of likely N-dealkylation sites (tertiary alicyclic amines) is 1. The smallest absolute Gasteiger partial charge is 0.338 e. The van der Waals surface area contributed by atoms with Crippen molar-refractivity contribution in [2.24, 2.45) is 17.3 Å². The molecule has 0 aromatic heterocycles. The van der Waals surface area contributed by atoms with Crippen molar-refractivity contribution < 1.29 is 43.2 Å². The molecule has 0 amide bonds. The van der Waals surface area contributed by atoms with Gasteiger partial charge < -0.3 is 38.6 Å². The number of nitrogens with zero attached hydrogens (tertiary/aromatic N) is 3. The second-order valence-electron chi connectivity index (χ2n) is 16.6. The number of methoxy groups -OCH3 is 1. The lowest BCUT2D eigenvalue weighted by Crippen LogP contribution is -2.60. The van der Waals surface area contributed by atoms with Crippen molar-refractivity contribution in [3.63, 3.8) is 0 Å². The number of carbonyl (C=O) groups excluding carboxylic acids is 3. The topological polar surface area (TPSA) is 127 Å². The van der Waals surface area contributed by atoms with Gasteiger partial charge in [-0.25, -0.2) is 4.79 Å². The largest absolute Gasteiger partial charge is 0.463 e. The van der Waals surface area contributed by atoms with Crippen LogP contribution < -0.4 is 0 Å². The first-order chi connectivity index (χ1) is 25.1. The number of rotatable bonds is 12. The maximum atomic E-state index is 14.5. The zero-order valence-electron chi connectivity index (χ0n) is 33.8. The molecule has 0 unspecified atom stereocenters. The Bertz CT molecular complexity index is 1320. The van der Waals surface area contributed by atoms with E-state index in [0.29, 0.717) is 31.5 Å². The van der Waals surface area contributed by atoms with Crippen molar-refractivity contribution in [2.45, 2.75) is 122 Å². The first kappa shape index (κ1) is 43.3. The van der Waals surface area contributed by atoms with Crippen molar-refractivity contribution in [3.05, 3.63) is 35.9 Å². The summed E-state index contributed by atoms with van der Waals surface area (Å²) in [6.45, 7) is 15.3. The predicted octanol–water partition coefficient (Wildman–Crippen LogP) is 4.42. The SMILES string of the molecule is CO[C@]1(C)C[C@@H](C)CN(CCO)[C@H](CCCN2CCCC2)COC(=O)C(C)(C)C(=O)[C@H](C)[C@H]1O[C@@H]1O[C@H](C)C[C@H](N(C)C)[C@H]1OC(=O)c1ccccc1. The van der Waals surface area contributed by atoms with E-state index in [1.165, 1.54) is 12.8 Å². The van der Waals surface area contributed by atoms with E-state index in [1.54, 1.807) is 52.1 Å². The number of esters is 2. The van der Waals surface area contributed by atoms with Gasteiger partial charge in [0.2, 0.25) is 0 Å². The predicted molar refractivity (Wildman–Crippen MR) is 202 cm³/mol. The second-order valence-corrected chi connectivity index (χ2v) is 16.6. The van der Waals surface area contributed by atoms with E-state index in [-0.39, 0.29) is 43.1 Å². The fourth-order valence-corrected chi connectivity index (χ4v) is 8.58. The average Bonchev–Trinajstić information content (AvgIpc) is 3.65. The third-order valence-corrected chi connectivity index (χ3v) is 11.7. The van der Waals surface area contributed by atoms with Crippen LogP contribution in [0, 0.1) is 17.3 Å². The number of Topliss-reactive ketones (excluding diaryl/α,β-unsaturated/α-hetero) is 1. The molecule has 3 fully saturated rings. The van der Waals surface area contributed by atoms with Gasteiger partial charge in [-0.15, -0.1) is 0 Å². The molecule has 1 aromatic carbocycles. The highest BCUT2D eigenvalue weighted by Crippen LogP contribution is 2.39. The Hall–Kier alpha value is -2.45. The van der Waals surface area contributed by atoms with E-state index in [4.69, 9.17) is 23.7 Å². The maximum absolute atomic E-state index is 14.5. The highest BCUT2D eigenvalue weighted by Gasteiger charge is 2.52. The minimum Gasteiger partial charge on any atom is -0.463 e. The molecule has 12 nitrogen and oxygen atoms in total. The number of likely N-dealkylation sites (N-methyl/N-ethyl adjacent to an activating group) is 1. The quantitative estimate of drug-likeness (QED) is 0.241. The Kier molecular flexibility index (Phi) is 15.9. The van der Waals surface area contributed by atoms with Crippen LogP contribution >= 0.6 is 0 Å². The van der Waals surface area contributed by atoms with Gasteiger partial charge in [-0.05, 0) is 118 Å². The molecule has 4 rings (SSSR count). The number of β-amino-alcohol motifs (C(OH)–C–C–N with tert-alkyl or cyclic N) is 1. The van der Waals surface area contributed by atoms with Gasteiger partial charge in [0.15, 0.2) is 18.2 Å². The molecule has 0 spiro atoms. The Morgan fingerprint density at radius 3 is 2.34 bits per heavy atom. The lowest BCUT2D eigenvalue weighted by atomic mass is 9.74. The Morgan fingerprint density at radius 1 is 1.04 bits per heavy atom. The first-order valence-corrected chi connectivity index (χ1v) is 19.7. The monoisotopic (exact) mass is 745 g/mol. The van der Waals surface area contributed by atoms with E-state index in [2.05, 4.69) is 16.7 Å². The Labute approximate surface area is 317 Å². The molecular weight excluding hydrogens is 678 g/mol. The van der Waals surface area contributed by atoms with Crippen molar-refractivity contribution in [1.29, 1.82) is 0 Å². The van der Waals surface area contributed by atoms with E-state index in [9.17, 15) is 19.5 Å². The van der Waals surface area contributed by atoms with Gasteiger partial charge in [-0.3, -0.25) is 14.5 Å². The van der Waals surface area contributed by atoms with Crippen LogP contribution in [0.3, 0.4) is 0 Å². The average molecular weight is 746 g/mol. The molecule has 0 saturated carbocycles. The fourth-order valence-electron chi connectivity index (χ4n) is 8.58. The molecule has 1 N–H and O–H groups in total. The number of aliphatic hydroxyl groups is 1. The molecule has 12 heteroatoms. The lowest BCUT2D eigenvalue weighted by molar-refractivity contribution is -0.295. The molecule has 3 saturated heterocycles. The van der Waals surface area contributed by atoms with Gasteiger partial charge >= 0.3 is 11.9 Å². The normalized spacial score (nSPS) is 33.9. The van der Waals surface area contributed by atoms with Gasteiger partial charge in [0.05, 0.1) is 36.0 Å². The van der Waals surface area contributed by atoms with Crippen LogP contribution in [0.15, 0.2) is 30.3 Å². The number of benzene rings is 1. The van der Waals surface area contributed by atoms with Gasteiger partial charge in [0.25, 0.3) is 0 Å². The molecule has 3 aliphatic heterocycles. The summed E-state index contributed by atoms with van der Waals surface area (Å²) in [5.74, 6) is -2.26. The van der Waals surface area contributed by atoms with E-state index in [1.807, 2.05) is 38.9 Å². The fraction of sp³-hybridized carbons (Fsp3) is 0.780. The lowest BCUT2D eigenvalue weighted by Gasteiger charge is -2.48. The number of ketones is 1. The third kappa shape index (κ3) is 11.1. The summed E-state index contributed by atoms with van der Waals surface area (Å²) in [6.07, 6.45) is 2.24. The Morgan fingerprint density at radius 2 is 1.72 bits per heavy atom. The zero-order valence-corrected chi connectivity index (χ0v) is 33.8. The van der Waals surface area contributed by atoms with Crippen molar-refractivity contribution in [1.82, 2.24) is 14.7 Å². The minimum atomic E-state index is -1.50. The van der Waals surface area contributed by atoms with Gasteiger partial charge in [-0.2, -0.15) is 0 Å². The van der Waals surface area contributed by atoms with Gasteiger partial charge in [0.1, 0.15) is 12.0 Å². The third-order valence-electron chi connectivity index (χ3n) is 11.7. The van der Waals surface area contributed by atoms with Crippen LogP contribution in [-0.4, -0.2) is 147 Å². The van der Waals surface area contributed by atoms with Crippen molar-refractivity contribution in [2.75, 3.05) is 67.1 Å². The molecule has 9 atom stereocenters. The number of ether oxygens (including phenoxy) is 5. The number of carbonyl (C=O) groups is 3. The summed E-state index contributed by atoms with van der Waals surface area (Å²) in [5, 5.41) is 10.2. The summed E-state index contributed by atoms with van der Waals surface area (Å²) in [5.41, 5.74) is -2.13. The first-order valence-electron chi connectivity index (χ1n) is 19.7. The number of aliphatic hydroxyl groups excluding tert-OH is 1. The molecule has 0 aliphatic carbocycles. The summed E-state index contributed by atoms with van der Waals surface area (Å²) < 4.78 is 31.9. The summed E-state index contributed by atoms with van der Waals surface area (Å²) in [7, 11) is 5.48. The molecular formula is C41H67N3O9. The molecule has 3 aliphatic rings. The zero-order chi connectivity index (χ0) is 38.9. The Balaban J connectivity index is 1.69. The standard InChI is InChI=1S/C41H67N3O9/c1-28-25-41(6,49-9)36(53-38-34(33(42(7)8)24-29(2)51-38)52-37(47)31-16-11-10-12-17-31)30(3)35(46)40(4,5)39(48)50-27-32(44(26-28)22-23-45)18-15-21-43-19-13-14-20-43/h10-12,16-17,28-30,32-34,36,38,45H,13-15,18-27H2,1-9H3/t28-,29-,30+,32-,33+,34-,36-,38+,41-/m1/s1. The van der Waals surface area contributed by atoms with Crippen molar-refractivity contribution in [3.8, 4) is 0 Å². The molecule has 0 bridgehead atoms. The molecule has 3 heterocycles. The maximum Gasteiger partial charge on any atom is 0.338 e. The second kappa shape index (κ2) is 19.4. The minimum absolute atomic E-state index is 0.0258. The van der Waals surface area contributed by atoms with Crippen molar-refractivity contribution >= 4 is 17.7 Å². The van der Waals surface area contributed by atoms with Crippen LogP contribution in [0.1, 0.15) is 90.4 Å². The van der Waals surface area contributed by atoms with E-state index >= 15 is 0 Å². The summed E-state index contributed by atoms with van der Waals surface area (Å²) >= 11 is 0. The highest BCUT2D eigenvalue weighted by molar-refractivity contribution is 6.04. The van der Waals surface area contributed by atoms with Crippen LogP contribution in [0.25, 0.3) is 0 Å². The van der Waals surface area contributed by atoms with E-state index < -0.39 is 47.4 Å². The van der Waals surface area contributed by atoms with E-state index in [0.717, 1.165) is 32.5 Å². The number of hydrogen-bond acceptors (Lipinski definition) is 12. The van der Waals surface area contributed by atoms with Crippen LogP contribution in [-0.2, 0) is 33.3 Å². The molecule has 300 valence electrons. The molecule has 0 radical (unpaired) electrons. The number of cyclic esters (lactones) is 1. The van der Waals surface area contributed by atoms with Crippen LogP contribution in [0.2, 0.25) is 0 Å². The molecule has 53 heavy (non-hydrogen) atoms.